The number of hydrogen-bond donors (Lipinski definition) is 1. The molecule has 0 heterocycles. The minimum Gasteiger partial charge on any atom is -1.00 e. The van der Waals surface area contributed by atoms with Crippen LogP contribution in [0, 0.1) is 5.92 Å². The van der Waals surface area contributed by atoms with Crippen molar-refractivity contribution in [2.75, 3.05) is 0 Å². The molecule has 5 heteroatoms. The van der Waals surface area contributed by atoms with Crippen LogP contribution in [0.4, 0.5) is 0 Å². The number of unbranched alkanes of at least 4 members (excludes halogenated alkanes) is 4. The van der Waals surface area contributed by atoms with Crippen molar-refractivity contribution in [2.24, 2.45) is 11.7 Å². The summed E-state index contributed by atoms with van der Waals surface area (Å²) in [4.78, 5) is 22.7. The summed E-state index contributed by atoms with van der Waals surface area (Å²) < 4.78 is 4.68. The molecule has 0 unspecified atom stereocenters. The molecule has 0 saturated carbocycles. The van der Waals surface area contributed by atoms with Crippen molar-refractivity contribution < 1.29 is 67.1 Å². The van der Waals surface area contributed by atoms with Crippen LogP contribution >= 0.6 is 0 Å². The van der Waals surface area contributed by atoms with E-state index in [0.717, 1.165) is 19.3 Å². The van der Waals surface area contributed by atoms with Crippen LogP contribution in [0.15, 0.2) is 0 Å². The molecule has 0 bridgehead atoms. The number of ether oxygens (including phenoxy) is 1. The zero-order valence-corrected chi connectivity index (χ0v) is 15.3. The normalized spacial score (nSPS) is 11.8. The van der Waals surface area contributed by atoms with Gasteiger partial charge in [-0.1, -0.05) is 46.5 Å². The number of hydrogen-bond acceptors (Lipinski definition) is 4. The van der Waals surface area contributed by atoms with Crippen LogP contribution in [-0.2, 0) is 14.3 Å². The molecule has 18 heavy (non-hydrogen) atoms. The molecule has 0 aliphatic rings. The van der Waals surface area contributed by atoms with Crippen LogP contribution in [0.1, 0.15) is 60.7 Å². The molecular weight excluding hydrogens is 257 g/mol. The molecule has 0 rings (SSSR count). The van der Waals surface area contributed by atoms with Crippen molar-refractivity contribution in [3.05, 3.63) is 0 Å². The van der Waals surface area contributed by atoms with Gasteiger partial charge in [0.2, 0.25) is 0 Å². The fourth-order valence-electron chi connectivity index (χ4n) is 1.38. The number of esters is 2. The molecule has 0 amide bonds. The number of carbonyl (C=O) groups excluding carboxylic acids is 2. The summed E-state index contributed by atoms with van der Waals surface area (Å²) in [6.45, 7) is 5.78. The van der Waals surface area contributed by atoms with E-state index >= 15 is 0 Å². The minimum atomic E-state index is -0.709. The van der Waals surface area contributed by atoms with Crippen molar-refractivity contribution in [1.29, 1.82) is 0 Å². The van der Waals surface area contributed by atoms with Crippen LogP contribution in [0.3, 0.4) is 0 Å². The molecule has 0 radical (unpaired) electrons. The first kappa shape index (κ1) is 21.0. The van der Waals surface area contributed by atoms with Gasteiger partial charge in [-0.2, -0.15) is 0 Å². The summed E-state index contributed by atoms with van der Waals surface area (Å²) in [5, 5.41) is 0. The second-order valence-corrected chi connectivity index (χ2v) is 4.73. The topological polar surface area (TPSA) is 69.4 Å². The molecule has 0 aromatic heterocycles. The monoisotopic (exact) mass is 283 g/mol. The summed E-state index contributed by atoms with van der Waals surface area (Å²) in [6, 6.07) is -0.709. The van der Waals surface area contributed by atoms with Gasteiger partial charge in [-0.25, -0.2) is 4.79 Å². The van der Waals surface area contributed by atoms with Crippen molar-refractivity contribution in [3.63, 3.8) is 0 Å². The number of carbonyl (C=O) groups is 2. The van der Waals surface area contributed by atoms with Gasteiger partial charge >= 0.3 is 63.3 Å². The molecule has 102 valence electrons. The molecule has 0 aromatic carbocycles. The second kappa shape index (κ2) is 12.8. The second-order valence-electron chi connectivity index (χ2n) is 4.73. The third-order valence-corrected chi connectivity index (χ3v) is 2.69. The van der Waals surface area contributed by atoms with Gasteiger partial charge in [0.05, 0.1) is 0 Å². The zero-order valence-electron chi connectivity index (χ0n) is 13.2. The Hall–Kier alpha value is 0.736. The summed E-state index contributed by atoms with van der Waals surface area (Å²) >= 11 is 0. The maximum atomic E-state index is 11.4. The van der Waals surface area contributed by atoms with E-state index in [1.54, 1.807) is 0 Å². The maximum absolute atomic E-state index is 11.4. The van der Waals surface area contributed by atoms with E-state index in [1.807, 2.05) is 13.8 Å². The molecule has 1 atom stereocenters. The molecule has 0 spiro atoms. The maximum Gasteiger partial charge on any atom is 1.00 e. The number of rotatable bonds is 8. The Morgan fingerprint density at radius 3 is 2.22 bits per heavy atom. The van der Waals surface area contributed by atoms with E-state index < -0.39 is 18.0 Å². The van der Waals surface area contributed by atoms with Gasteiger partial charge in [-0.15, -0.1) is 0 Å². The Kier molecular flexibility index (Phi) is 14.9. The molecule has 4 nitrogen and oxygen atoms in total. The average molecular weight is 283 g/mol. The fourth-order valence-corrected chi connectivity index (χ4v) is 1.38. The first-order valence-electron chi connectivity index (χ1n) is 6.49. The molecule has 0 aliphatic heterocycles. The first-order valence-corrected chi connectivity index (χ1v) is 6.49. The molecule has 0 fully saturated rings. The van der Waals surface area contributed by atoms with Crippen LogP contribution in [0.25, 0.3) is 0 Å². The van der Waals surface area contributed by atoms with Crippen LogP contribution in [0.2, 0.25) is 0 Å². The van der Waals surface area contributed by atoms with E-state index in [9.17, 15) is 9.59 Å². The Morgan fingerprint density at radius 2 is 1.72 bits per heavy atom. The standard InChI is InChI=1S/C13H25NO3.K.H/c1-4-5-6-7-8-9-11(15)17-13(16)12(14)10(2)3;;/h10,12H,4-9,14H2,1-3H3;;/q;+1;-1/t12-;;/m0../s1. The van der Waals surface area contributed by atoms with Gasteiger partial charge < -0.3 is 11.9 Å². The predicted molar refractivity (Wildman–Crippen MR) is 68.4 cm³/mol. The SMILES string of the molecule is CCCCCCCC(=O)OC(=O)[C@@H](N)C(C)C.[H-].[K+]. The largest absolute Gasteiger partial charge is 1.00 e. The molecule has 2 N–H and O–H groups in total. The van der Waals surface area contributed by atoms with Crippen molar-refractivity contribution in [3.8, 4) is 0 Å². The van der Waals surface area contributed by atoms with E-state index in [2.05, 4.69) is 11.7 Å². The van der Waals surface area contributed by atoms with E-state index in [-0.39, 0.29) is 58.7 Å². The third-order valence-electron chi connectivity index (χ3n) is 2.69. The summed E-state index contributed by atoms with van der Waals surface area (Å²) in [5.41, 5.74) is 5.58. The van der Waals surface area contributed by atoms with Crippen molar-refractivity contribution in [1.82, 2.24) is 0 Å². The van der Waals surface area contributed by atoms with Gasteiger partial charge in [-0.05, 0) is 12.3 Å². The third kappa shape index (κ3) is 10.6. The average Bonchev–Trinajstić information content (AvgIpc) is 2.27. The summed E-state index contributed by atoms with van der Waals surface area (Å²) in [5.74, 6) is -1.08. The zero-order chi connectivity index (χ0) is 13.3. The quantitative estimate of drug-likeness (QED) is 0.283. The van der Waals surface area contributed by atoms with Gasteiger partial charge in [0.25, 0.3) is 0 Å². The molecule has 0 aromatic rings. The molecular formula is C13H26KNO3. The molecule has 0 saturated heterocycles. The van der Waals surface area contributed by atoms with Crippen molar-refractivity contribution >= 4 is 11.9 Å². The Morgan fingerprint density at radius 1 is 1.17 bits per heavy atom. The van der Waals surface area contributed by atoms with Crippen LogP contribution in [-0.4, -0.2) is 18.0 Å². The first-order chi connectivity index (χ1) is 7.99. The van der Waals surface area contributed by atoms with E-state index in [4.69, 9.17) is 5.73 Å². The van der Waals surface area contributed by atoms with Crippen LogP contribution < -0.4 is 57.1 Å². The summed E-state index contributed by atoms with van der Waals surface area (Å²) in [6.07, 6.45) is 5.58. The Labute approximate surface area is 154 Å². The number of nitrogens with two attached hydrogens (primary N) is 1. The van der Waals surface area contributed by atoms with Gasteiger partial charge in [-0.3, -0.25) is 4.79 Å². The molecule has 0 aliphatic carbocycles. The summed E-state index contributed by atoms with van der Waals surface area (Å²) in [7, 11) is 0. The Bertz CT molecular complexity index is 250. The van der Waals surface area contributed by atoms with Crippen LogP contribution in [0.5, 0.6) is 0 Å². The van der Waals surface area contributed by atoms with Crippen molar-refractivity contribution in [2.45, 2.75) is 65.3 Å². The smallest absolute Gasteiger partial charge is 1.00 e. The minimum absolute atomic E-state index is 0. The van der Waals surface area contributed by atoms with E-state index in [1.165, 1.54) is 12.8 Å². The van der Waals surface area contributed by atoms with Gasteiger partial charge in [0.1, 0.15) is 6.04 Å². The van der Waals surface area contributed by atoms with E-state index in [0.29, 0.717) is 6.42 Å². The predicted octanol–water partition coefficient (Wildman–Crippen LogP) is -0.483. The Balaban J connectivity index is -0.00000128. The van der Waals surface area contributed by atoms with Gasteiger partial charge in [0.15, 0.2) is 0 Å². The van der Waals surface area contributed by atoms with Gasteiger partial charge in [0, 0.05) is 6.42 Å². The fraction of sp³-hybridized carbons (Fsp3) is 0.846.